The fourth-order valence-electron chi connectivity index (χ4n) is 4.17. The number of aromatic nitrogens is 3. The molecule has 0 unspecified atom stereocenters. The van der Waals surface area contributed by atoms with E-state index in [0.717, 1.165) is 22.6 Å². The molecule has 0 atom stereocenters. The number of carbonyl (C=O) groups is 2. The van der Waals surface area contributed by atoms with Crippen molar-refractivity contribution in [2.45, 2.75) is 39.5 Å². The van der Waals surface area contributed by atoms with Crippen LogP contribution in [0.4, 0.5) is 0 Å². The Morgan fingerprint density at radius 2 is 1.87 bits per heavy atom. The Morgan fingerprint density at radius 3 is 2.52 bits per heavy atom. The summed E-state index contributed by atoms with van der Waals surface area (Å²) in [5.41, 5.74) is 3.98. The number of fused-ring (bicyclic) bond motifs is 1. The predicted octanol–water partition coefficient (Wildman–Crippen LogP) is 3.94. The van der Waals surface area contributed by atoms with Crippen molar-refractivity contribution in [2.24, 2.45) is 5.92 Å². The molecular weight excluding hydrogens is 392 g/mol. The highest BCUT2D eigenvalue weighted by atomic mass is 16.5. The van der Waals surface area contributed by atoms with Crippen LogP contribution in [0.2, 0.25) is 0 Å². The minimum Gasteiger partial charge on any atom is -0.466 e. The first kappa shape index (κ1) is 21.0. The molecule has 1 saturated heterocycles. The molecule has 1 aromatic carbocycles. The fraction of sp³-hybridized carbons (Fsp3) is 0.417. The molecule has 4 rings (SSSR count). The van der Waals surface area contributed by atoms with Gasteiger partial charge in [-0.3, -0.25) is 9.59 Å². The maximum absolute atomic E-state index is 13.4. The van der Waals surface area contributed by atoms with Crippen molar-refractivity contribution in [1.29, 1.82) is 0 Å². The number of hydrogen-bond acceptors (Lipinski definition) is 5. The van der Waals surface area contributed by atoms with Gasteiger partial charge < -0.3 is 9.64 Å². The van der Waals surface area contributed by atoms with Crippen LogP contribution >= 0.6 is 0 Å². The summed E-state index contributed by atoms with van der Waals surface area (Å²) in [6, 6.07) is 11.9. The van der Waals surface area contributed by atoms with Crippen molar-refractivity contribution in [2.75, 3.05) is 19.7 Å². The van der Waals surface area contributed by atoms with Crippen molar-refractivity contribution in [3.63, 3.8) is 0 Å². The molecule has 2 aromatic heterocycles. The highest BCUT2D eigenvalue weighted by Crippen LogP contribution is 2.27. The van der Waals surface area contributed by atoms with Crippen LogP contribution in [0.5, 0.6) is 0 Å². The first-order valence-electron chi connectivity index (χ1n) is 10.9. The van der Waals surface area contributed by atoms with E-state index in [1.54, 1.807) is 10.7 Å². The van der Waals surface area contributed by atoms with E-state index in [2.05, 4.69) is 18.8 Å². The molecule has 1 aliphatic rings. The Balaban J connectivity index is 1.62. The van der Waals surface area contributed by atoms with E-state index in [9.17, 15) is 9.59 Å². The summed E-state index contributed by atoms with van der Waals surface area (Å²) in [5.74, 6) is -0.263. The molecule has 0 spiro atoms. The minimum atomic E-state index is -0.162. The number of hydrogen-bond donors (Lipinski definition) is 0. The average Bonchev–Trinajstić information content (AvgIpc) is 3.23. The quantitative estimate of drug-likeness (QED) is 0.585. The standard InChI is InChI=1S/C24H28N4O3/c1-4-31-24(30)18-10-12-27(13-11-18)23(29)19-15-25-21-14-20(17-8-6-5-7-9-17)26-28(21)22(19)16(2)3/h5-9,14-16,18H,4,10-13H2,1-3H3. The van der Waals surface area contributed by atoms with Crippen LogP contribution in [0.1, 0.15) is 55.6 Å². The molecule has 31 heavy (non-hydrogen) atoms. The van der Waals surface area contributed by atoms with Crippen molar-refractivity contribution >= 4 is 17.5 Å². The van der Waals surface area contributed by atoms with Crippen molar-refractivity contribution in [3.8, 4) is 11.3 Å². The third-order valence-corrected chi connectivity index (χ3v) is 5.77. The maximum Gasteiger partial charge on any atom is 0.309 e. The zero-order valence-corrected chi connectivity index (χ0v) is 18.2. The lowest BCUT2D eigenvalue weighted by molar-refractivity contribution is -0.149. The van der Waals surface area contributed by atoms with Gasteiger partial charge in [-0.15, -0.1) is 0 Å². The van der Waals surface area contributed by atoms with Crippen molar-refractivity contribution < 1.29 is 14.3 Å². The van der Waals surface area contributed by atoms with Crippen LogP contribution in [0.3, 0.4) is 0 Å². The molecule has 0 saturated carbocycles. The maximum atomic E-state index is 13.4. The molecule has 0 bridgehead atoms. The van der Waals surface area contributed by atoms with E-state index in [1.807, 2.05) is 48.2 Å². The Morgan fingerprint density at radius 1 is 1.16 bits per heavy atom. The van der Waals surface area contributed by atoms with Crippen LogP contribution in [-0.4, -0.2) is 51.1 Å². The number of ether oxygens (including phenoxy) is 1. The second kappa shape index (κ2) is 8.88. The van der Waals surface area contributed by atoms with Gasteiger partial charge in [0.05, 0.1) is 29.5 Å². The Hall–Kier alpha value is -3.22. The molecule has 0 radical (unpaired) electrons. The van der Waals surface area contributed by atoms with Gasteiger partial charge in [0, 0.05) is 30.9 Å². The second-order valence-electron chi connectivity index (χ2n) is 8.20. The summed E-state index contributed by atoms with van der Waals surface area (Å²) in [4.78, 5) is 31.7. The summed E-state index contributed by atoms with van der Waals surface area (Å²) in [5, 5.41) is 4.77. The highest BCUT2D eigenvalue weighted by molar-refractivity contribution is 5.95. The van der Waals surface area contributed by atoms with E-state index in [-0.39, 0.29) is 23.7 Å². The van der Waals surface area contributed by atoms with Crippen molar-refractivity contribution in [1.82, 2.24) is 19.5 Å². The Labute approximate surface area is 182 Å². The molecule has 162 valence electrons. The molecular formula is C24H28N4O3. The van der Waals surface area contributed by atoms with Crippen LogP contribution in [0, 0.1) is 5.92 Å². The SMILES string of the molecule is CCOC(=O)C1CCN(C(=O)c2cnc3cc(-c4ccccc4)nn3c2C(C)C)CC1. The van der Waals surface area contributed by atoms with Gasteiger partial charge in [-0.2, -0.15) is 5.10 Å². The lowest BCUT2D eigenvalue weighted by atomic mass is 9.96. The number of rotatable bonds is 5. The van der Waals surface area contributed by atoms with Gasteiger partial charge >= 0.3 is 5.97 Å². The van der Waals surface area contributed by atoms with Gasteiger partial charge in [0.2, 0.25) is 0 Å². The number of amides is 1. The average molecular weight is 421 g/mol. The van der Waals surface area contributed by atoms with Crippen LogP contribution in [0.15, 0.2) is 42.6 Å². The van der Waals surface area contributed by atoms with Gasteiger partial charge in [0.1, 0.15) is 0 Å². The first-order valence-corrected chi connectivity index (χ1v) is 10.9. The Kier molecular flexibility index (Phi) is 6.02. The fourth-order valence-corrected chi connectivity index (χ4v) is 4.17. The number of esters is 1. The van der Waals surface area contributed by atoms with Gasteiger partial charge in [-0.1, -0.05) is 44.2 Å². The summed E-state index contributed by atoms with van der Waals surface area (Å²) < 4.78 is 6.93. The molecule has 3 aromatic rings. The number of likely N-dealkylation sites (tertiary alicyclic amines) is 1. The van der Waals surface area contributed by atoms with E-state index < -0.39 is 0 Å². The first-order chi connectivity index (χ1) is 15.0. The summed E-state index contributed by atoms with van der Waals surface area (Å²) in [6.45, 7) is 7.38. The monoisotopic (exact) mass is 420 g/mol. The van der Waals surface area contributed by atoms with Gasteiger partial charge in [0.15, 0.2) is 5.65 Å². The zero-order valence-electron chi connectivity index (χ0n) is 18.2. The molecule has 1 fully saturated rings. The Bertz CT molecular complexity index is 1080. The lowest BCUT2D eigenvalue weighted by Gasteiger charge is -2.31. The smallest absolute Gasteiger partial charge is 0.309 e. The second-order valence-corrected chi connectivity index (χ2v) is 8.20. The number of piperidine rings is 1. The summed E-state index contributed by atoms with van der Waals surface area (Å²) in [6.07, 6.45) is 2.91. The highest BCUT2D eigenvalue weighted by Gasteiger charge is 2.30. The number of carbonyl (C=O) groups excluding carboxylic acids is 2. The molecule has 1 aliphatic heterocycles. The van der Waals surface area contributed by atoms with E-state index in [1.165, 1.54) is 0 Å². The number of nitrogens with zero attached hydrogens (tertiary/aromatic N) is 4. The summed E-state index contributed by atoms with van der Waals surface area (Å²) in [7, 11) is 0. The summed E-state index contributed by atoms with van der Waals surface area (Å²) >= 11 is 0. The molecule has 0 aliphatic carbocycles. The zero-order chi connectivity index (χ0) is 22.0. The normalized spacial score (nSPS) is 14.9. The largest absolute Gasteiger partial charge is 0.466 e. The van der Waals surface area contributed by atoms with E-state index in [0.29, 0.717) is 38.1 Å². The lowest BCUT2D eigenvalue weighted by Crippen LogP contribution is -2.41. The number of benzene rings is 1. The molecule has 7 heteroatoms. The third kappa shape index (κ3) is 4.17. The van der Waals surface area contributed by atoms with E-state index in [4.69, 9.17) is 9.84 Å². The van der Waals surface area contributed by atoms with Crippen LogP contribution in [-0.2, 0) is 9.53 Å². The molecule has 3 heterocycles. The third-order valence-electron chi connectivity index (χ3n) is 5.77. The van der Waals surface area contributed by atoms with E-state index >= 15 is 0 Å². The molecule has 1 amide bonds. The van der Waals surface area contributed by atoms with Gasteiger partial charge in [-0.25, -0.2) is 9.50 Å². The van der Waals surface area contributed by atoms with Crippen LogP contribution in [0.25, 0.3) is 16.9 Å². The topological polar surface area (TPSA) is 76.8 Å². The minimum absolute atomic E-state index is 0.0582. The van der Waals surface area contributed by atoms with Gasteiger partial charge in [-0.05, 0) is 25.7 Å². The molecule has 0 N–H and O–H groups in total. The predicted molar refractivity (Wildman–Crippen MR) is 118 cm³/mol. The van der Waals surface area contributed by atoms with Crippen molar-refractivity contribution in [3.05, 3.63) is 53.9 Å². The van der Waals surface area contributed by atoms with Crippen LogP contribution < -0.4 is 0 Å². The molecule has 7 nitrogen and oxygen atoms in total. The van der Waals surface area contributed by atoms with Gasteiger partial charge in [0.25, 0.3) is 5.91 Å².